The van der Waals surface area contributed by atoms with Gasteiger partial charge in [0, 0.05) is 26.2 Å². The lowest BCUT2D eigenvalue weighted by molar-refractivity contribution is 0.130. The van der Waals surface area contributed by atoms with Crippen molar-refractivity contribution < 1.29 is 13.2 Å². The summed E-state index contributed by atoms with van der Waals surface area (Å²) in [5, 5.41) is 0.122. The van der Waals surface area contributed by atoms with E-state index < -0.39 is 10.0 Å². The van der Waals surface area contributed by atoms with Gasteiger partial charge in [-0.15, -0.1) is 0 Å². The van der Waals surface area contributed by atoms with E-state index in [9.17, 15) is 8.42 Å². The molecule has 1 rings (SSSR count). The number of nitrogens with zero attached hydrogens (tertiary/aromatic N) is 1. The molecule has 0 aliphatic heterocycles. The fourth-order valence-electron chi connectivity index (χ4n) is 1.47. The Hall–Kier alpha value is -0.920. The van der Waals surface area contributed by atoms with E-state index in [1.807, 2.05) is 6.92 Å². The Morgan fingerprint density at radius 3 is 2.68 bits per heavy atom. The molecule has 1 heterocycles. The Balaban J connectivity index is 2.27. The van der Waals surface area contributed by atoms with Crippen molar-refractivity contribution in [3.8, 4) is 0 Å². The standard InChI is InChI=1S/C12H23N3O3S/c1-3-5-8-18-9-6-7-14-19(16,17)12-10-13-11(4-2)15-12/h10,14H,3-9H2,1-2H3,(H,13,15). The van der Waals surface area contributed by atoms with Gasteiger partial charge in [-0.05, 0) is 12.8 Å². The van der Waals surface area contributed by atoms with E-state index in [0.717, 1.165) is 19.4 Å². The summed E-state index contributed by atoms with van der Waals surface area (Å²) in [6.45, 7) is 5.70. The molecule has 110 valence electrons. The smallest absolute Gasteiger partial charge is 0.257 e. The van der Waals surface area contributed by atoms with E-state index in [2.05, 4.69) is 21.6 Å². The summed E-state index contributed by atoms with van der Waals surface area (Å²) < 4.78 is 31.6. The molecule has 0 radical (unpaired) electrons. The third-order valence-electron chi connectivity index (χ3n) is 2.63. The highest BCUT2D eigenvalue weighted by Crippen LogP contribution is 2.05. The number of ether oxygens (including phenoxy) is 1. The fourth-order valence-corrected chi connectivity index (χ4v) is 2.48. The molecule has 0 aromatic carbocycles. The molecule has 0 saturated carbocycles. The summed E-state index contributed by atoms with van der Waals surface area (Å²) in [4.78, 5) is 6.76. The van der Waals surface area contributed by atoms with Crippen molar-refractivity contribution in [3.05, 3.63) is 12.0 Å². The van der Waals surface area contributed by atoms with Crippen LogP contribution in [0.1, 0.15) is 38.9 Å². The van der Waals surface area contributed by atoms with Gasteiger partial charge in [0.15, 0.2) is 5.03 Å². The minimum absolute atomic E-state index is 0.122. The molecule has 2 N–H and O–H groups in total. The first-order valence-corrected chi connectivity index (χ1v) is 8.19. The normalized spacial score (nSPS) is 11.9. The maximum absolute atomic E-state index is 11.9. The van der Waals surface area contributed by atoms with E-state index >= 15 is 0 Å². The number of sulfonamides is 1. The fraction of sp³-hybridized carbons (Fsp3) is 0.750. The lowest BCUT2D eigenvalue weighted by Crippen LogP contribution is -2.26. The van der Waals surface area contributed by atoms with Crippen LogP contribution in [0.4, 0.5) is 0 Å². The molecule has 0 amide bonds. The van der Waals surface area contributed by atoms with E-state index in [-0.39, 0.29) is 5.03 Å². The number of aryl methyl sites for hydroxylation is 1. The van der Waals surface area contributed by atoms with Crippen molar-refractivity contribution in [2.75, 3.05) is 19.8 Å². The highest BCUT2D eigenvalue weighted by atomic mass is 32.2. The Kier molecular flexibility index (Phi) is 7.04. The molecular weight excluding hydrogens is 266 g/mol. The summed E-state index contributed by atoms with van der Waals surface area (Å²) in [5.74, 6) is 0.670. The third-order valence-corrected chi connectivity index (χ3v) is 4.00. The number of nitrogens with one attached hydrogen (secondary N) is 2. The quantitative estimate of drug-likeness (QED) is 0.639. The largest absolute Gasteiger partial charge is 0.381 e. The zero-order valence-corrected chi connectivity index (χ0v) is 12.4. The number of rotatable bonds is 10. The average molecular weight is 289 g/mol. The van der Waals surface area contributed by atoms with Gasteiger partial charge in [-0.25, -0.2) is 18.1 Å². The summed E-state index contributed by atoms with van der Waals surface area (Å²) in [7, 11) is -3.47. The molecule has 0 atom stereocenters. The summed E-state index contributed by atoms with van der Waals surface area (Å²) in [6.07, 6.45) is 4.84. The van der Waals surface area contributed by atoms with E-state index in [1.54, 1.807) is 0 Å². The zero-order valence-electron chi connectivity index (χ0n) is 11.6. The van der Waals surface area contributed by atoms with Gasteiger partial charge >= 0.3 is 0 Å². The highest BCUT2D eigenvalue weighted by Gasteiger charge is 2.15. The van der Waals surface area contributed by atoms with E-state index in [0.29, 0.717) is 31.8 Å². The van der Waals surface area contributed by atoms with Crippen LogP contribution in [0.2, 0.25) is 0 Å². The summed E-state index contributed by atoms with van der Waals surface area (Å²) in [5.41, 5.74) is 0. The topological polar surface area (TPSA) is 84.1 Å². The molecular formula is C12H23N3O3S. The summed E-state index contributed by atoms with van der Waals surface area (Å²) in [6, 6.07) is 0. The maximum Gasteiger partial charge on any atom is 0.257 e. The van der Waals surface area contributed by atoms with Crippen molar-refractivity contribution in [2.24, 2.45) is 0 Å². The highest BCUT2D eigenvalue weighted by molar-refractivity contribution is 7.89. The molecule has 0 bridgehead atoms. The minimum Gasteiger partial charge on any atom is -0.381 e. The first-order chi connectivity index (χ1) is 9.10. The van der Waals surface area contributed by atoms with Crippen molar-refractivity contribution in [1.29, 1.82) is 0 Å². The first kappa shape index (κ1) is 16.1. The molecule has 1 aromatic heterocycles. The van der Waals surface area contributed by atoms with Crippen molar-refractivity contribution in [2.45, 2.75) is 44.6 Å². The molecule has 7 heteroatoms. The molecule has 19 heavy (non-hydrogen) atoms. The number of unbranched alkanes of at least 4 members (excludes halogenated alkanes) is 1. The van der Waals surface area contributed by atoms with Crippen molar-refractivity contribution >= 4 is 10.0 Å². The minimum atomic E-state index is -3.47. The maximum atomic E-state index is 11.9. The molecule has 0 saturated heterocycles. The average Bonchev–Trinajstić information content (AvgIpc) is 2.87. The predicted molar refractivity (Wildman–Crippen MR) is 73.5 cm³/mol. The lowest BCUT2D eigenvalue weighted by atomic mass is 10.4. The number of H-pyrrole nitrogens is 1. The molecule has 0 unspecified atom stereocenters. The predicted octanol–water partition coefficient (Wildman–Crippen LogP) is 1.46. The molecule has 0 aliphatic carbocycles. The van der Waals surface area contributed by atoms with Gasteiger partial charge in [-0.1, -0.05) is 20.3 Å². The molecule has 0 spiro atoms. The zero-order chi connectivity index (χ0) is 14.1. The second-order valence-corrected chi connectivity index (χ2v) is 6.00. The van der Waals surface area contributed by atoms with Crippen LogP contribution in [0, 0.1) is 0 Å². The van der Waals surface area contributed by atoms with Crippen molar-refractivity contribution in [1.82, 2.24) is 14.7 Å². The Labute approximate surface area is 115 Å². The van der Waals surface area contributed by atoms with Crippen LogP contribution in [0.3, 0.4) is 0 Å². The van der Waals surface area contributed by atoms with Crippen LogP contribution in [-0.2, 0) is 21.2 Å². The number of aromatic nitrogens is 2. The van der Waals surface area contributed by atoms with Crippen LogP contribution < -0.4 is 4.72 Å². The van der Waals surface area contributed by atoms with Crippen LogP contribution in [0.15, 0.2) is 11.2 Å². The summed E-state index contributed by atoms with van der Waals surface area (Å²) >= 11 is 0. The SMILES string of the molecule is CCCCOCCCNS(=O)(=O)c1cnc(CC)[nH]1. The Bertz CT molecular complexity index is 457. The number of imidazole rings is 1. The molecule has 6 nitrogen and oxygen atoms in total. The van der Waals surface area contributed by atoms with Crippen LogP contribution in [-0.4, -0.2) is 38.1 Å². The Morgan fingerprint density at radius 1 is 1.32 bits per heavy atom. The van der Waals surface area contributed by atoms with Gasteiger partial charge in [0.25, 0.3) is 10.0 Å². The van der Waals surface area contributed by atoms with Gasteiger partial charge in [0.1, 0.15) is 5.82 Å². The van der Waals surface area contributed by atoms with Crippen LogP contribution in [0.5, 0.6) is 0 Å². The van der Waals surface area contributed by atoms with Gasteiger partial charge in [0.05, 0.1) is 6.20 Å². The number of hydrogen-bond donors (Lipinski definition) is 2. The van der Waals surface area contributed by atoms with Crippen LogP contribution >= 0.6 is 0 Å². The van der Waals surface area contributed by atoms with Gasteiger partial charge in [-0.3, -0.25) is 0 Å². The third kappa shape index (κ3) is 5.71. The van der Waals surface area contributed by atoms with Gasteiger partial charge in [0.2, 0.25) is 0 Å². The van der Waals surface area contributed by atoms with Gasteiger partial charge < -0.3 is 9.72 Å². The number of hydrogen-bond acceptors (Lipinski definition) is 4. The molecule has 1 aromatic rings. The lowest BCUT2D eigenvalue weighted by Gasteiger charge is -2.05. The molecule has 0 fully saturated rings. The monoisotopic (exact) mass is 289 g/mol. The second kappa shape index (κ2) is 8.29. The molecule has 0 aliphatic rings. The Morgan fingerprint density at radius 2 is 2.05 bits per heavy atom. The van der Waals surface area contributed by atoms with E-state index in [1.165, 1.54) is 6.20 Å². The van der Waals surface area contributed by atoms with Gasteiger partial charge in [-0.2, -0.15) is 0 Å². The van der Waals surface area contributed by atoms with Crippen molar-refractivity contribution in [3.63, 3.8) is 0 Å². The van der Waals surface area contributed by atoms with E-state index in [4.69, 9.17) is 4.74 Å². The first-order valence-electron chi connectivity index (χ1n) is 6.71. The second-order valence-electron chi connectivity index (χ2n) is 4.26. The number of aromatic amines is 1. The van der Waals surface area contributed by atoms with Crippen LogP contribution in [0.25, 0.3) is 0 Å².